The second-order valence-electron chi connectivity index (χ2n) is 6.69. The van der Waals surface area contributed by atoms with Gasteiger partial charge in [0.15, 0.2) is 0 Å². The summed E-state index contributed by atoms with van der Waals surface area (Å²) >= 11 is 0. The van der Waals surface area contributed by atoms with Crippen LogP contribution in [-0.2, 0) is 12.8 Å². The minimum Gasteiger partial charge on any atom is -0.508 e. The summed E-state index contributed by atoms with van der Waals surface area (Å²) in [7, 11) is 2.20. The van der Waals surface area contributed by atoms with Crippen molar-refractivity contribution in [3.8, 4) is 11.5 Å². The first-order chi connectivity index (χ1) is 11.7. The molecule has 1 aliphatic rings. The third-order valence-electron chi connectivity index (χ3n) is 4.95. The summed E-state index contributed by atoms with van der Waals surface area (Å²) < 4.78 is 6.05. The van der Waals surface area contributed by atoms with Crippen LogP contribution in [0.15, 0.2) is 48.5 Å². The molecule has 1 saturated heterocycles. The van der Waals surface area contributed by atoms with Crippen molar-refractivity contribution in [3.63, 3.8) is 0 Å². The largest absolute Gasteiger partial charge is 0.508 e. The molecule has 2 aromatic rings. The Morgan fingerprint density at radius 3 is 2.71 bits per heavy atom. The fourth-order valence-electron chi connectivity index (χ4n) is 3.47. The number of ether oxygens (including phenoxy) is 1. The van der Waals surface area contributed by atoms with Gasteiger partial charge in [-0.3, -0.25) is 0 Å². The predicted octanol–water partition coefficient (Wildman–Crippen LogP) is 4.04. The fraction of sp³-hybridized carbons (Fsp3) is 0.429. The van der Waals surface area contributed by atoms with E-state index in [-0.39, 0.29) is 0 Å². The van der Waals surface area contributed by atoms with Gasteiger partial charge in [-0.05, 0) is 75.0 Å². The van der Waals surface area contributed by atoms with E-state index in [1.807, 2.05) is 18.2 Å². The van der Waals surface area contributed by atoms with Crippen molar-refractivity contribution in [2.24, 2.45) is 0 Å². The van der Waals surface area contributed by atoms with Crippen molar-refractivity contribution in [1.82, 2.24) is 4.90 Å². The van der Waals surface area contributed by atoms with E-state index in [0.717, 1.165) is 37.2 Å². The van der Waals surface area contributed by atoms with Crippen LogP contribution in [0.1, 0.15) is 30.4 Å². The van der Waals surface area contributed by atoms with E-state index in [4.69, 9.17) is 4.74 Å². The second-order valence-corrected chi connectivity index (χ2v) is 6.69. The molecule has 0 aromatic heterocycles. The number of aromatic hydroxyl groups is 1. The Hall–Kier alpha value is -2.00. The topological polar surface area (TPSA) is 32.7 Å². The lowest BCUT2D eigenvalue weighted by atomic mass is 10.0. The van der Waals surface area contributed by atoms with E-state index in [2.05, 4.69) is 36.2 Å². The molecule has 0 aliphatic carbocycles. The lowest BCUT2D eigenvalue weighted by molar-refractivity contribution is 0.232. The van der Waals surface area contributed by atoms with Gasteiger partial charge in [0.2, 0.25) is 0 Å². The molecule has 0 spiro atoms. The first-order valence-electron chi connectivity index (χ1n) is 8.91. The maximum atomic E-state index is 9.81. The summed E-state index contributed by atoms with van der Waals surface area (Å²) in [5.41, 5.74) is 2.39. The summed E-state index contributed by atoms with van der Waals surface area (Å²) in [5.74, 6) is 1.21. The molecule has 3 nitrogen and oxygen atoms in total. The number of hydrogen-bond donors (Lipinski definition) is 1. The van der Waals surface area contributed by atoms with Crippen molar-refractivity contribution in [3.05, 3.63) is 59.7 Å². The van der Waals surface area contributed by atoms with Gasteiger partial charge in [0.25, 0.3) is 0 Å². The lowest BCUT2D eigenvalue weighted by Gasteiger charge is -2.20. The highest BCUT2D eigenvalue weighted by Crippen LogP contribution is 2.26. The molecule has 0 saturated carbocycles. The SMILES string of the molecule is CN1CCCC1CCOc1ccc(O)cc1CCc1ccccc1. The van der Waals surface area contributed by atoms with Gasteiger partial charge in [-0.15, -0.1) is 0 Å². The molecule has 0 bridgehead atoms. The Bertz CT molecular complexity index is 642. The summed E-state index contributed by atoms with van der Waals surface area (Å²) in [6.45, 7) is 1.93. The molecule has 3 rings (SSSR count). The first-order valence-corrected chi connectivity index (χ1v) is 8.91. The van der Waals surface area contributed by atoms with E-state index in [1.165, 1.54) is 24.9 Å². The van der Waals surface area contributed by atoms with Gasteiger partial charge in [0.1, 0.15) is 11.5 Å². The maximum Gasteiger partial charge on any atom is 0.122 e. The molecule has 3 heteroatoms. The van der Waals surface area contributed by atoms with Gasteiger partial charge in [-0.1, -0.05) is 30.3 Å². The zero-order valence-corrected chi connectivity index (χ0v) is 14.4. The van der Waals surface area contributed by atoms with E-state index >= 15 is 0 Å². The van der Waals surface area contributed by atoms with E-state index in [0.29, 0.717) is 11.8 Å². The van der Waals surface area contributed by atoms with E-state index in [9.17, 15) is 5.11 Å². The normalized spacial score (nSPS) is 18.0. The minimum absolute atomic E-state index is 0.306. The third-order valence-corrected chi connectivity index (χ3v) is 4.95. The number of likely N-dealkylation sites (tertiary alicyclic amines) is 1. The first kappa shape index (κ1) is 16.8. The molecule has 128 valence electrons. The summed E-state index contributed by atoms with van der Waals surface area (Å²) in [6.07, 6.45) is 5.46. The highest BCUT2D eigenvalue weighted by molar-refractivity contribution is 5.40. The third kappa shape index (κ3) is 4.51. The monoisotopic (exact) mass is 325 g/mol. The van der Waals surface area contributed by atoms with Crippen LogP contribution in [0.5, 0.6) is 11.5 Å². The number of nitrogens with zero attached hydrogens (tertiary/aromatic N) is 1. The molecular formula is C21H27NO2. The van der Waals surface area contributed by atoms with Gasteiger partial charge in [0.05, 0.1) is 6.61 Å². The molecule has 1 heterocycles. The van der Waals surface area contributed by atoms with Gasteiger partial charge in [-0.25, -0.2) is 0 Å². The fourth-order valence-corrected chi connectivity index (χ4v) is 3.47. The van der Waals surface area contributed by atoms with Crippen LogP contribution in [-0.4, -0.2) is 36.2 Å². The number of phenolic OH excluding ortho intramolecular Hbond substituents is 1. The summed E-state index contributed by atoms with van der Waals surface area (Å²) in [6, 6.07) is 16.5. The van der Waals surface area contributed by atoms with Crippen molar-refractivity contribution in [2.75, 3.05) is 20.2 Å². The Labute approximate surface area is 144 Å². The van der Waals surface area contributed by atoms with E-state index in [1.54, 1.807) is 6.07 Å². The Kier molecular flexibility index (Phi) is 5.76. The Morgan fingerprint density at radius 1 is 1.12 bits per heavy atom. The molecule has 24 heavy (non-hydrogen) atoms. The van der Waals surface area contributed by atoms with Gasteiger partial charge < -0.3 is 14.7 Å². The molecule has 0 amide bonds. The van der Waals surface area contributed by atoms with Crippen molar-refractivity contribution >= 4 is 0 Å². The minimum atomic E-state index is 0.306. The van der Waals surface area contributed by atoms with Crippen LogP contribution in [0.3, 0.4) is 0 Å². The molecule has 2 aromatic carbocycles. The molecule has 0 radical (unpaired) electrons. The van der Waals surface area contributed by atoms with Gasteiger partial charge >= 0.3 is 0 Å². The van der Waals surface area contributed by atoms with Gasteiger partial charge in [-0.2, -0.15) is 0 Å². The molecule has 1 fully saturated rings. The number of rotatable bonds is 7. The van der Waals surface area contributed by atoms with Crippen LogP contribution in [0.4, 0.5) is 0 Å². The molecule has 1 atom stereocenters. The number of aryl methyl sites for hydroxylation is 2. The standard InChI is InChI=1S/C21H27NO2/c1-22-14-5-8-19(22)13-15-24-21-12-11-20(23)16-18(21)10-9-17-6-3-2-4-7-17/h2-4,6-7,11-12,16,19,23H,5,8-10,13-15H2,1H3. The quantitative estimate of drug-likeness (QED) is 0.834. The van der Waals surface area contributed by atoms with Crippen molar-refractivity contribution in [1.29, 1.82) is 0 Å². The molecule has 1 unspecified atom stereocenters. The number of hydrogen-bond acceptors (Lipinski definition) is 3. The van der Waals surface area contributed by atoms with Crippen LogP contribution in [0.25, 0.3) is 0 Å². The average Bonchev–Trinajstić information content (AvgIpc) is 3.01. The molecule has 1 N–H and O–H groups in total. The zero-order valence-electron chi connectivity index (χ0n) is 14.4. The van der Waals surface area contributed by atoms with Crippen molar-refractivity contribution in [2.45, 2.75) is 38.1 Å². The van der Waals surface area contributed by atoms with Crippen LogP contribution < -0.4 is 4.74 Å². The Balaban J connectivity index is 1.58. The zero-order chi connectivity index (χ0) is 16.8. The number of benzene rings is 2. The number of phenols is 1. The highest BCUT2D eigenvalue weighted by atomic mass is 16.5. The Morgan fingerprint density at radius 2 is 1.96 bits per heavy atom. The lowest BCUT2D eigenvalue weighted by Crippen LogP contribution is -2.26. The second kappa shape index (κ2) is 8.20. The summed E-state index contributed by atoms with van der Waals surface area (Å²) in [5, 5.41) is 9.81. The highest BCUT2D eigenvalue weighted by Gasteiger charge is 2.20. The van der Waals surface area contributed by atoms with Crippen LogP contribution >= 0.6 is 0 Å². The predicted molar refractivity (Wildman–Crippen MR) is 97.7 cm³/mol. The smallest absolute Gasteiger partial charge is 0.122 e. The van der Waals surface area contributed by atoms with Crippen molar-refractivity contribution < 1.29 is 9.84 Å². The van der Waals surface area contributed by atoms with E-state index < -0.39 is 0 Å². The van der Waals surface area contributed by atoms with Crippen LogP contribution in [0, 0.1) is 0 Å². The maximum absolute atomic E-state index is 9.81. The summed E-state index contributed by atoms with van der Waals surface area (Å²) in [4.78, 5) is 2.43. The average molecular weight is 325 g/mol. The molecular weight excluding hydrogens is 298 g/mol. The molecule has 1 aliphatic heterocycles. The van der Waals surface area contributed by atoms with Crippen LogP contribution in [0.2, 0.25) is 0 Å². The van der Waals surface area contributed by atoms with Gasteiger partial charge in [0, 0.05) is 6.04 Å².